The van der Waals surface area contributed by atoms with E-state index in [1.165, 1.54) is 0 Å². The number of aromatic nitrogens is 2. The van der Waals surface area contributed by atoms with E-state index in [0.29, 0.717) is 0 Å². The number of unbranched alkanes of at least 4 members (excludes halogenated alkanes) is 1. The molecule has 0 atom stereocenters. The Morgan fingerprint density at radius 2 is 2.00 bits per heavy atom. The molecule has 4 nitrogen and oxygen atoms in total. The molecule has 1 aromatic heterocycles. The van der Waals surface area contributed by atoms with Crippen LogP contribution >= 0.6 is 0 Å². The minimum absolute atomic E-state index is 0.0598. The van der Waals surface area contributed by atoms with Gasteiger partial charge in [-0.1, -0.05) is 6.42 Å². The van der Waals surface area contributed by atoms with Gasteiger partial charge < -0.3 is 0 Å². The Balaban J connectivity index is 2.46. The first kappa shape index (κ1) is 14.6. The second-order valence-corrected chi connectivity index (χ2v) is 5.73. The molecule has 1 heterocycles. The summed E-state index contributed by atoms with van der Waals surface area (Å²) in [5.74, 6) is 0. The van der Waals surface area contributed by atoms with Crippen LogP contribution in [0.1, 0.15) is 53.0 Å². The van der Waals surface area contributed by atoms with Gasteiger partial charge in [0.1, 0.15) is 0 Å². The van der Waals surface area contributed by atoms with Crippen LogP contribution in [-0.4, -0.2) is 9.13 Å². The lowest BCUT2D eigenvalue weighted by Crippen LogP contribution is -2.25. The van der Waals surface area contributed by atoms with Crippen LogP contribution in [0.4, 0.5) is 0 Å². The lowest BCUT2D eigenvalue weighted by atomic mass is 9.89. The second kappa shape index (κ2) is 5.90. The summed E-state index contributed by atoms with van der Waals surface area (Å²) in [6, 6.07) is 2.50. The molecule has 18 heavy (non-hydrogen) atoms. The predicted molar refractivity (Wildman–Crippen MR) is 72.3 cm³/mol. The Morgan fingerprint density at radius 3 is 2.50 bits per heavy atom. The van der Waals surface area contributed by atoms with Gasteiger partial charge in [0.05, 0.1) is 11.5 Å². The molecule has 0 aliphatic carbocycles. The van der Waals surface area contributed by atoms with E-state index in [1.54, 1.807) is 9.13 Å². The largest absolute Gasteiger partial charge is 0.328 e. The topological polar surface area (TPSA) is 50.7 Å². The maximum atomic E-state index is 11.9. The van der Waals surface area contributed by atoms with Gasteiger partial charge in [0.25, 0.3) is 0 Å². The lowest BCUT2D eigenvalue weighted by molar-refractivity contribution is 0.414. The summed E-state index contributed by atoms with van der Waals surface area (Å²) in [5.41, 5.74) is -0.195. The number of hydrogen-bond acceptors (Lipinski definition) is 2. The third-order valence-electron chi connectivity index (χ3n) is 3.18. The molecule has 0 saturated heterocycles. The zero-order valence-electron chi connectivity index (χ0n) is 11.8. The fraction of sp³-hybridized carbons (Fsp3) is 0.714. The number of hydrogen-bond donors (Lipinski definition) is 0. The molecule has 1 rings (SSSR count). The summed E-state index contributed by atoms with van der Waals surface area (Å²) in [6.45, 7) is 8.64. The zero-order chi connectivity index (χ0) is 13.8. The highest BCUT2D eigenvalue weighted by Crippen LogP contribution is 2.21. The predicted octanol–water partition coefficient (Wildman–Crippen LogP) is 2.95. The highest BCUT2D eigenvalue weighted by molar-refractivity contribution is 4.91. The number of aryl methyl sites for hydroxylation is 1. The summed E-state index contributed by atoms with van der Waals surface area (Å²) >= 11 is 0. The van der Waals surface area contributed by atoms with E-state index in [9.17, 15) is 4.79 Å². The lowest BCUT2D eigenvalue weighted by Gasteiger charge is -2.14. The molecule has 0 aliphatic heterocycles. The SMILES string of the molecule is CC(C)n1ccn(CCCCC(C)(C)C#N)c1=O. The second-order valence-electron chi connectivity index (χ2n) is 5.73. The third kappa shape index (κ3) is 3.76. The van der Waals surface area contributed by atoms with Crippen LogP contribution < -0.4 is 5.69 Å². The first-order valence-electron chi connectivity index (χ1n) is 6.56. The van der Waals surface area contributed by atoms with Crippen LogP contribution in [0.15, 0.2) is 17.2 Å². The molecule has 100 valence electrons. The third-order valence-corrected chi connectivity index (χ3v) is 3.18. The van der Waals surface area contributed by atoms with Crippen LogP contribution in [-0.2, 0) is 6.54 Å². The molecule has 0 aromatic carbocycles. The molecule has 0 saturated carbocycles. The molecule has 0 N–H and O–H groups in total. The highest BCUT2D eigenvalue weighted by atomic mass is 16.1. The van der Waals surface area contributed by atoms with Crippen LogP contribution in [0.2, 0.25) is 0 Å². The Hall–Kier alpha value is -1.50. The molecule has 0 radical (unpaired) electrons. The fourth-order valence-corrected chi connectivity index (χ4v) is 1.90. The monoisotopic (exact) mass is 249 g/mol. The molecule has 0 amide bonds. The molecular formula is C14H23N3O. The first-order chi connectivity index (χ1) is 8.37. The van der Waals surface area contributed by atoms with Gasteiger partial charge in [-0.3, -0.25) is 9.13 Å². The van der Waals surface area contributed by atoms with Crippen LogP contribution in [0.3, 0.4) is 0 Å². The quantitative estimate of drug-likeness (QED) is 0.728. The average molecular weight is 249 g/mol. The van der Waals surface area contributed by atoms with Crippen molar-refractivity contribution in [3.8, 4) is 6.07 Å². The normalized spacial score (nSPS) is 11.8. The van der Waals surface area contributed by atoms with E-state index in [1.807, 2.05) is 40.1 Å². The van der Waals surface area contributed by atoms with Crippen molar-refractivity contribution in [2.24, 2.45) is 5.41 Å². The maximum Gasteiger partial charge on any atom is 0.328 e. The molecule has 1 aromatic rings. The van der Waals surface area contributed by atoms with Crippen LogP contribution in [0, 0.1) is 16.7 Å². The van der Waals surface area contributed by atoms with Crippen LogP contribution in [0.5, 0.6) is 0 Å². The summed E-state index contributed by atoms with van der Waals surface area (Å²) in [4.78, 5) is 11.9. The first-order valence-corrected chi connectivity index (χ1v) is 6.56. The Bertz CT molecular complexity index is 474. The summed E-state index contributed by atoms with van der Waals surface area (Å²) in [5, 5.41) is 8.91. The van der Waals surface area contributed by atoms with Crippen molar-refractivity contribution in [1.82, 2.24) is 9.13 Å². The van der Waals surface area contributed by atoms with Gasteiger partial charge in [0.15, 0.2) is 0 Å². The van der Waals surface area contributed by atoms with Gasteiger partial charge in [-0.15, -0.1) is 0 Å². The Kier molecular flexibility index (Phi) is 4.77. The van der Waals surface area contributed by atoms with Crippen molar-refractivity contribution < 1.29 is 0 Å². The smallest absolute Gasteiger partial charge is 0.299 e. The summed E-state index contributed by atoms with van der Waals surface area (Å²) in [7, 11) is 0. The number of imidazole rings is 1. The molecule has 0 spiro atoms. The van der Waals surface area contributed by atoms with Crippen molar-refractivity contribution in [3.63, 3.8) is 0 Å². The van der Waals surface area contributed by atoms with Gasteiger partial charge in [0, 0.05) is 25.0 Å². The molecule has 0 fully saturated rings. The van der Waals surface area contributed by atoms with Crippen molar-refractivity contribution in [2.75, 3.05) is 0 Å². The Morgan fingerprint density at radius 1 is 1.33 bits per heavy atom. The standard InChI is InChI=1S/C14H23N3O/c1-12(2)17-10-9-16(13(17)18)8-6-5-7-14(3,4)11-15/h9-10,12H,5-8H2,1-4H3. The van der Waals surface area contributed by atoms with Gasteiger partial charge >= 0.3 is 5.69 Å². The average Bonchev–Trinajstić information content (AvgIpc) is 2.66. The van der Waals surface area contributed by atoms with Crippen molar-refractivity contribution in [1.29, 1.82) is 5.26 Å². The van der Waals surface area contributed by atoms with E-state index in [2.05, 4.69) is 6.07 Å². The minimum Gasteiger partial charge on any atom is -0.299 e. The molecular weight excluding hydrogens is 226 g/mol. The van der Waals surface area contributed by atoms with E-state index < -0.39 is 0 Å². The van der Waals surface area contributed by atoms with Crippen molar-refractivity contribution in [3.05, 3.63) is 22.9 Å². The number of nitriles is 1. The van der Waals surface area contributed by atoms with Crippen molar-refractivity contribution >= 4 is 0 Å². The van der Waals surface area contributed by atoms with Crippen LogP contribution in [0.25, 0.3) is 0 Å². The van der Waals surface area contributed by atoms with Crippen molar-refractivity contribution in [2.45, 2.75) is 59.5 Å². The van der Waals surface area contributed by atoms with Gasteiger partial charge in [-0.2, -0.15) is 5.26 Å². The fourth-order valence-electron chi connectivity index (χ4n) is 1.90. The molecule has 0 aliphatic rings. The summed E-state index contributed by atoms with van der Waals surface area (Å²) in [6.07, 6.45) is 6.47. The highest BCUT2D eigenvalue weighted by Gasteiger charge is 2.15. The van der Waals surface area contributed by atoms with E-state index in [-0.39, 0.29) is 17.1 Å². The molecule has 4 heteroatoms. The van der Waals surface area contributed by atoms with E-state index in [0.717, 1.165) is 25.8 Å². The van der Waals surface area contributed by atoms with E-state index in [4.69, 9.17) is 5.26 Å². The molecule has 0 unspecified atom stereocenters. The zero-order valence-corrected chi connectivity index (χ0v) is 11.8. The van der Waals surface area contributed by atoms with Gasteiger partial charge in [-0.25, -0.2) is 4.79 Å². The number of nitrogens with zero attached hydrogens (tertiary/aromatic N) is 3. The van der Waals surface area contributed by atoms with E-state index >= 15 is 0 Å². The molecule has 0 bridgehead atoms. The van der Waals surface area contributed by atoms with Gasteiger partial charge in [-0.05, 0) is 40.5 Å². The minimum atomic E-state index is -0.255. The van der Waals surface area contributed by atoms with Gasteiger partial charge in [0.2, 0.25) is 0 Å². The Labute approximate surface area is 109 Å². The maximum absolute atomic E-state index is 11.9. The summed E-state index contributed by atoms with van der Waals surface area (Å²) < 4.78 is 3.48. The number of rotatable bonds is 6.